The lowest BCUT2D eigenvalue weighted by Crippen LogP contribution is -2.50. The van der Waals surface area contributed by atoms with Crippen LogP contribution in [0, 0.1) is 11.8 Å². The molecule has 0 aliphatic carbocycles. The Bertz CT molecular complexity index is 141. The molecule has 0 bridgehead atoms. The van der Waals surface area contributed by atoms with Crippen LogP contribution >= 0.6 is 0 Å². The van der Waals surface area contributed by atoms with Crippen LogP contribution in [0.25, 0.3) is 0 Å². The van der Waals surface area contributed by atoms with Gasteiger partial charge in [0.2, 0.25) is 0 Å². The molecule has 78 valence electrons. The van der Waals surface area contributed by atoms with Crippen LogP contribution in [0.4, 0.5) is 0 Å². The van der Waals surface area contributed by atoms with E-state index in [4.69, 9.17) is 0 Å². The SMILES string of the molecule is CCC(CC)C1(C(C)C)CCCN1. The van der Waals surface area contributed by atoms with Gasteiger partial charge in [0.25, 0.3) is 0 Å². The van der Waals surface area contributed by atoms with Crippen LogP contribution in [0.5, 0.6) is 0 Å². The Morgan fingerprint density at radius 2 is 1.85 bits per heavy atom. The summed E-state index contributed by atoms with van der Waals surface area (Å²) in [5, 5.41) is 3.77. The van der Waals surface area contributed by atoms with Crippen molar-refractivity contribution >= 4 is 0 Å². The fourth-order valence-electron chi connectivity index (χ4n) is 3.12. The van der Waals surface area contributed by atoms with E-state index in [0.29, 0.717) is 5.54 Å². The van der Waals surface area contributed by atoms with E-state index in [2.05, 4.69) is 33.0 Å². The lowest BCUT2D eigenvalue weighted by Gasteiger charge is -2.41. The molecular formula is C12H25N. The van der Waals surface area contributed by atoms with Gasteiger partial charge in [0, 0.05) is 5.54 Å². The maximum absolute atomic E-state index is 3.77. The van der Waals surface area contributed by atoms with Crippen LogP contribution in [-0.2, 0) is 0 Å². The monoisotopic (exact) mass is 183 g/mol. The summed E-state index contributed by atoms with van der Waals surface area (Å²) < 4.78 is 0. The summed E-state index contributed by atoms with van der Waals surface area (Å²) in [6.07, 6.45) is 5.40. The van der Waals surface area contributed by atoms with E-state index in [9.17, 15) is 0 Å². The van der Waals surface area contributed by atoms with Crippen molar-refractivity contribution in [3.8, 4) is 0 Å². The highest BCUT2D eigenvalue weighted by Gasteiger charge is 2.41. The molecule has 1 N–H and O–H groups in total. The molecule has 1 heterocycles. The molecule has 1 aliphatic heterocycles. The highest BCUT2D eigenvalue weighted by molar-refractivity contribution is 4.99. The predicted molar refractivity (Wildman–Crippen MR) is 58.9 cm³/mol. The Balaban J connectivity index is 2.76. The second kappa shape index (κ2) is 4.45. The third-order valence-corrected chi connectivity index (χ3v) is 3.97. The minimum Gasteiger partial charge on any atom is -0.311 e. The molecule has 1 atom stereocenters. The highest BCUT2D eigenvalue weighted by atomic mass is 15.0. The molecule has 0 saturated carbocycles. The first-order valence-electron chi connectivity index (χ1n) is 5.92. The molecule has 0 aromatic carbocycles. The van der Waals surface area contributed by atoms with E-state index in [1.165, 1.54) is 32.2 Å². The van der Waals surface area contributed by atoms with Gasteiger partial charge >= 0.3 is 0 Å². The zero-order chi connectivity index (χ0) is 9.90. The molecule has 1 saturated heterocycles. The molecule has 1 aliphatic rings. The molecule has 1 unspecified atom stereocenters. The van der Waals surface area contributed by atoms with Crippen LogP contribution in [0.1, 0.15) is 53.4 Å². The van der Waals surface area contributed by atoms with Gasteiger partial charge in [-0.3, -0.25) is 0 Å². The van der Waals surface area contributed by atoms with Crippen molar-refractivity contribution in [3.63, 3.8) is 0 Å². The number of rotatable bonds is 4. The Labute approximate surface area is 83.3 Å². The molecule has 0 aromatic heterocycles. The van der Waals surface area contributed by atoms with Crippen LogP contribution in [-0.4, -0.2) is 12.1 Å². The van der Waals surface area contributed by atoms with E-state index >= 15 is 0 Å². The average molecular weight is 183 g/mol. The van der Waals surface area contributed by atoms with Crippen LogP contribution in [0.15, 0.2) is 0 Å². The molecule has 1 heteroatoms. The van der Waals surface area contributed by atoms with Gasteiger partial charge < -0.3 is 5.32 Å². The fraction of sp³-hybridized carbons (Fsp3) is 1.00. The quantitative estimate of drug-likeness (QED) is 0.706. The minimum absolute atomic E-state index is 0.462. The van der Waals surface area contributed by atoms with Crippen molar-refractivity contribution in [2.75, 3.05) is 6.54 Å². The molecule has 0 radical (unpaired) electrons. The Morgan fingerprint density at radius 1 is 1.23 bits per heavy atom. The number of nitrogens with one attached hydrogen (secondary N) is 1. The van der Waals surface area contributed by atoms with Crippen LogP contribution < -0.4 is 5.32 Å². The van der Waals surface area contributed by atoms with E-state index in [1.54, 1.807) is 0 Å². The Hall–Kier alpha value is -0.0400. The normalized spacial score (nSPS) is 29.1. The van der Waals surface area contributed by atoms with Gasteiger partial charge in [0.1, 0.15) is 0 Å². The van der Waals surface area contributed by atoms with Gasteiger partial charge in [-0.2, -0.15) is 0 Å². The molecule has 0 aromatic rings. The Morgan fingerprint density at radius 3 is 2.15 bits per heavy atom. The zero-order valence-corrected chi connectivity index (χ0v) is 9.69. The first kappa shape index (κ1) is 11.0. The summed E-state index contributed by atoms with van der Waals surface area (Å²) in [7, 11) is 0. The lowest BCUT2D eigenvalue weighted by atomic mass is 9.72. The van der Waals surface area contributed by atoms with Crippen molar-refractivity contribution in [1.82, 2.24) is 5.32 Å². The van der Waals surface area contributed by atoms with E-state index < -0.39 is 0 Å². The van der Waals surface area contributed by atoms with E-state index in [-0.39, 0.29) is 0 Å². The summed E-state index contributed by atoms with van der Waals surface area (Å²) in [6, 6.07) is 0. The van der Waals surface area contributed by atoms with Gasteiger partial charge in [-0.25, -0.2) is 0 Å². The predicted octanol–water partition coefficient (Wildman–Crippen LogP) is 3.20. The first-order chi connectivity index (χ1) is 6.17. The standard InChI is InChI=1S/C12H25N/c1-5-11(6-2)12(10(3)4)8-7-9-13-12/h10-11,13H,5-9H2,1-4H3. The molecular weight excluding hydrogens is 158 g/mol. The number of hydrogen-bond donors (Lipinski definition) is 1. The highest BCUT2D eigenvalue weighted by Crippen LogP contribution is 2.38. The van der Waals surface area contributed by atoms with Gasteiger partial charge in [0.15, 0.2) is 0 Å². The second-order valence-electron chi connectivity index (χ2n) is 4.74. The second-order valence-corrected chi connectivity index (χ2v) is 4.74. The van der Waals surface area contributed by atoms with Crippen molar-refractivity contribution in [1.29, 1.82) is 0 Å². The van der Waals surface area contributed by atoms with Gasteiger partial charge in [-0.15, -0.1) is 0 Å². The third kappa shape index (κ3) is 1.90. The van der Waals surface area contributed by atoms with Gasteiger partial charge in [-0.1, -0.05) is 40.5 Å². The maximum Gasteiger partial charge on any atom is 0.0232 e. The summed E-state index contributed by atoms with van der Waals surface area (Å²) in [5.41, 5.74) is 0.462. The van der Waals surface area contributed by atoms with Crippen LogP contribution in [0.2, 0.25) is 0 Å². The molecule has 0 amide bonds. The largest absolute Gasteiger partial charge is 0.311 e. The summed E-state index contributed by atoms with van der Waals surface area (Å²) in [4.78, 5) is 0. The summed E-state index contributed by atoms with van der Waals surface area (Å²) in [6.45, 7) is 10.6. The van der Waals surface area contributed by atoms with Crippen molar-refractivity contribution in [2.45, 2.75) is 58.9 Å². The third-order valence-electron chi connectivity index (χ3n) is 3.97. The smallest absolute Gasteiger partial charge is 0.0232 e. The number of hydrogen-bond acceptors (Lipinski definition) is 1. The average Bonchev–Trinajstić information content (AvgIpc) is 2.56. The van der Waals surface area contributed by atoms with Gasteiger partial charge in [0.05, 0.1) is 0 Å². The molecule has 1 rings (SSSR count). The van der Waals surface area contributed by atoms with Crippen molar-refractivity contribution in [3.05, 3.63) is 0 Å². The van der Waals surface area contributed by atoms with E-state index in [0.717, 1.165) is 11.8 Å². The maximum atomic E-state index is 3.77. The summed E-state index contributed by atoms with van der Waals surface area (Å²) >= 11 is 0. The zero-order valence-electron chi connectivity index (χ0n) is 9.69. The fourth-order valence-corrected chi connectivity index (χ4v) is 3.12. The molecule has 1 fully saturated rings. The first-order valence-corrected chi connectivity index (χ1v) is 5.92. The minimum atomic E-state index is 0.462. The molecule has 0 spiro atoms. The Kier molecular flexibility index (Phi) is 3.78. The summed E-state index contributed by atoms with van der Waals surface area (Å²) in [5.74, 6) is 1.65. The van der Waals surface area contributed by atoms with Gasteiger partial charge in [-0.05, 0) is 31.2 Å². The topological polar surface area (TPSA) is 12.0 Å². The van der Waals surface area contributed by atoms with Crippen molar-refractivity contribution < 1.29 is 0 Å². The molecule has 13 heavy (non-hydrogen) atoms. The van der Waals surface area contributed by atoms with Crippen molar-refractivity contribution in [2.24, 2.45) is 11.8 Å². The van der Waals surface area contributed by atoms with Crippen LogP contribution in [0.3, 0.4) is 0 Å². The lowest BCUT2D eigenvalue weighted by molar-refractivity contribution is 0.157. The van der Waals surface area contributed by atoms with E-state index in [1.807, 2.05) is 0 Å². The molecule has 1 nitrogen and oxygen atoms in total.